The molecular formula is C21H19F5N2O3S. The molecule has 0 unspecified atom stereocenters. The lowest BCUT2D eigenvalue weighted by Crippen LogP contribution is -2.46. The summed E-state index contributed by atoms with van der Waals surface area (Å²) in [5.74, 6) is -7.57. The topological polar surface area (TPSA) is 66.5 Å². The predicted molar refractivity (Wildman–Crippen MR) is 106 cm³/mol. The van der Waals surface area contributed by atoms with Gasteiger partial charge in [0.15, 0.2) is 0 Å². The molecule has 172 valence electrons. The van der Waals surface area contributed by atoms with Crippen molar-refractivity contribution in [1.82, 2.24) is 9.62 Å². The largest absolute Gasteiger partial charge is 0.334 e. The van der Waals surface area contributed by atoms with Crippen molar-refractivity contribution in [3.8, 4) is 11.1 Å². The number of sulfonamides is 1. The average molecular weight is 474 g/mol. The smallest absolute Gasteiger partial charge is 0.283 e. The van der Waals surface area contributed by atoms with Crippen LogP contribution in [-0.2, 0) is 20.5 Å². The highest BCUT2D eigenvalue weighted by Crippen LogP contribution is 2.59. The first-order valence-corrected chi connectivity index (χ1v) is 11.6. The van der Waals surface area contributed by atoms with Crippen molar-refractivity contribution >= 4 is 15.9 Å². The number of amides is 1. The average Bonchev–Trinajstić information content (AvgIpc) is 3.29. The second-order valence-corrected chi connectivity index (χ2v) is 9.96. The Morgan fingerprint density at radius 1 is 1.06 bits per heavy atom. The van der Waals surface area contributed by atoms with Crippen LogP contribution >= 0.6 is 0 Å². The highest BCUT2D eigenvalue weighted by molar-refractivity contribution is 7.88. The van der Waals surface area contributed by atoms with Gasteiger partial charge in [-0.1, -0.05) is 30.3 Å². The lowest BCUT2D eigenvalue weighted by molar-refractivity contribution is -0.134. The third-order valence-electron chi connectivity index (χ3n) is 5.78. The first-order chi connectivity index (χ1) is 14.8. The number of carbonyl (C=O) groups excluding carboxylic acids is 1. The van der Waals surface area contributed by atoms with Crippen molar-refractivity contribution < 1.29 is 35.2 Å². The summed E-state index contributed by atoms with van der Waals surface area (Å²) in [5, 5.41) is 0. The fourth-order valence-corrected chi connectivity index (χ4v) is 4.95. The summed E-state index contributed by atoms with van der Waals surface area (Å²) >= 11 is 0. The summed E-state index contributed by atoms with van der Waals surface area (Å²) < 4.78 is 97.3. The molecule has 0 spiro atoms. The molecule has 3 atom stereocenters. The van der Waals surface area contributed by atoms with E-state index in [4.69, 9.17) is 0 Å². The minimum Gasteiger partial charge on any atom is -0.334 e. The van der Waals surface area contributed by atoms with E-state index in [9.17, 15) is 30.8 Å². The van der Waals surface area contributed by atoms with Gasteiger partial charge >= 0.3 is 0 Å². The first kappa shape index (κ1) is 22.7. The highest BCUT2D eigenvalue weighted by atomic mass is 32.2. The van der Waals surface area contributed by atoms with E-state index in [1.54, 1.807) is 4.72 Å². The second-order valence-electron chi connectivity index (χ2n) is 8.18. The van der Waals surface area contributed by atoms with Crippen molar-refractivity contribution in [3.05, 3.63) is 59.7 Å². The predicted octanol–water partition coefficient (Wildman–Crippen LogP) is 3.21. The molecule has 11 heteroatoms. The summed E-state index contributed by atoms with van der Waals surface area (Å²) in [6.07, 6.45) is 0.380. The van der Waals surface area contributed by atoms with Gasteiger partial charge in [0, 0.05) is 13.0 Å². The van der Waals surface area contributed by atoms with Crippen molar-refractivity contribution in [1.29, 1.82) is 0 Å². The van der Waals surface area contributed by atoms with Gasteiger partial charge in [0.2, 0.25) is 15.9 Å². The van der Waals surface area contributed by atoms with Gasteiger partial charge < -0.3 is 4.90 Å². The van der Waals surface area contributed by atoms with Gasteiger partial charge in [-0.15, -0.1) is 0 Å². The van der Waals surface area contributed by atoms with Crippen LogP contribution in [0.1, 0.15) is 12.0 Å². The molecule has 0 radical (unpaired) electrons. The van der Waals surface area contributed by atoms with Crippen LogP contribution in [0.4, 0.5) is 22.0 Å². The third-order valence-corrected chi connectivity index (χ3v) is 6.49. The molecule has 1 amide bonds. The Morgan fingerprint density at radius 3 is 2.31 bits per heavy atom. The zero-order valence-corrected chi connectivity index (χ0v) is 17.6. The summed E-state index contributed by atoms with van der Waals surface area (Å²) in [4.78, 5) is 13.5. The lowest BCUT2D eigenvalue weighted by atomic mass is 9.93. The van der Waals surface area contributed by atoms with E-state index in [2.05, 4.69) is 0 Å². The van der Waals surface area contributed by atoms with Gasteiger partial charge in [0.05, 0.1) is 24.3 Å². The zero-order chi connectivity index (χ0) is 23.5. The number of hydrogen-bond donors (Lipinski definition) is 1. The van der Waals surface area contributed by atoms with Gasteiger partial charge in [0.1, 0.15) is 23.3 Å². The number of nitrogens with one attached hydrogen (secondary N) is 1. The monoisotopic (exact) mass is 474 g/mol. The summed E-state index contributed by atoms with van der Waals surface area (Å²) in [7, 11) is -3.96. The Hall–Kier alpha value is -2.53. The molecule has 1 aliphatic heterocycles. The molecule has 32 heavy (non-hydrogen) atoms. The number of rotatable bonds is 5. The van der Waals surface area contributed by atoms with Crippen LogP contribution in [0.3, 0.4) is 0 Å². The SMILES string of the molecule is CS(=O)(=O)N[C@@H]1CN(C(=O)[C@@H]2C[C@@]2(F)c2ccccc2-c2c(F)cccc2F)CC1(F)F. The number of carbonyl (C=O) groups is 1. The van der Waals surface area contributed by atoms with Crippen LogP contribution in [-0.4, -0.2) is 50.5 Å². The quantitative estimate of drug-likeness (QED) is 0.677. The van der Waals surface area contributed by atoms with Gasteiger partial charge in [-0.2, -0.15) is 0 Å². The van der Waals surface area contributed by atoms with E-state index in [-0.39, 0.29) is 17.5 Å². The number of likely N-dealkylation sites (tertiary alicyclic amines) is 1. The Balaban J connectivity index is 1.60. The number of hydrogen-bond acceptors (Lipinski definition) is 3. The van der Waals surface area contributed by atoms with E-state index >= 15 is 4.39 Å². The molecule has 2 aromatic carbocycles. The number of benzene rings is 2. The van der Waals surface area contributed by atoms with Crippen molar-refractivity contribution in [2.45, 2.75) is 24.1 Å². The van der Waals surface area contributed by atoms with Crippen LogP contribution in [0.2, 0.25) is 0 Å². The van der Waals surface area contributed by atoms with Crippen molar-refractivity contribution in [3.63, 3.8) is 0 Å². The van der Waals surface area contributed by atoms with Crippen molar-refractivity contribution in [2.75, 3.05) is 19.3 Å². The van der Waals surface area contributed by atoms with Crippen LogP contribution in [0.15, 0.2) is 42.5 Å². The molecular weight excluding hydrogens is 455 g/mol. The molecule has 1 saturated carbocycles. The molecule has 2 aliphatic rings. The minimum atomic E-state index is -3.96. The Bertz CT molecular complexity index is 1170. The molecule has 0 aromatic heterocycles. The molecule has 5 nitrogen and oxygen atoms in total. The van der Waals surface area contributed by atoms with E-state index in [1.807, 2.05) is 0 Å². The van der Waals surface area contributed by atoms with Crippen molar-refractivity contribution in [2.24, 2.45) is 5.92 Å². The maximum Gasteiger partial charge on any atom is 0.283 e. The summed E-state index contributed by atoms with van der Waals surface area (Å²) in [6.45, 7) is -1.68. The number of halogens is 5. The van der Waals surface area contributed by atoms with E-state index in [0.29, 0.717) is 0 Å². The van der Waals surface area contributed by atoms with E-state index < -0.39 is 69.8 Å². The third kappa shape index (κ3) is 3.99. The number of nitrogens with zero attached hydrogens (tertiary/aromatic N) is 1. The van der Waals surface area contributed by atoms with E-state index in [0.717, 1.165) is 23.3 Å². The van der Waals surface area contributed by atoms with Crippen LogP contribution in [0, 0.1) is 17.6 Å². The van der Waals surface area contributed by atoms with Gasteiger partial charge in [-0.3, -0.25) is 4.79 Å². The summed E-state index contributed by atoms with van der Waals surface area (Å²) in [5.41, 5.74) is -2.91. The molecule has 2 aromatic rings. The van der Waals surface area contributed by atoms with Crippen LogP contribution < -0.4 is 4.72 Å². The standard InChI is InChI=1S/C21H19F5N2O3S/c1-32(30,31)27-17-10-28(11-21(17,25)26)19(29)14-9-20(14,24)13-6-3-2-5-12(13)18-15(22)7-4-8-16(18)23/h2-8,14,17,27H,9-11H2,1H3/t14-,17+,20+/m0/s1. The molecule has 1 saturated heterocycles. The maximum absolute atomic E-state index is 15.8. The number of alkyl halides is 3. The van der Waals surface area contributed by atoms with Gasteiger partial charge in [0.25, 0.3) is 5.92 Å². The molecule has 4 rings (SSSR count). The van der Waals surface area contributed by atoms with Gasteiger partial charge in [-0.25, -0.2) is 35.1 Å². The fourth-order valence-electron chi connectivity index (χ4n) is 4.19. The van der Waals surface area contributed by atoms with Crippen LogP contribution in [0.25, 0.3) is 11.1 Å². The fraction of sp³-hybridized carbons (Fsp3) is 0.381. The molecule has 1 N–H and O–H groups in total. The molecule has 1 aliphatic carbocycles. The first-order valence-electron chi connectivity index (χ1n) is 9.70. The lowest BCUT2D eigenvalue weighted by Gasteiger charge is -2.19. The molecule has 1 heterocycles. The Morgan fingerprint density at radius 2 is 1.69 bits per heavy atom. The zero-order valence-electron chi connectivity index (χ0n) is 16.8. The Labute approximate surface area is 181 Å². The maximum atomic E-state index is 15.8. The van der Waals surface area contributed by atoms with E-state index in [1.165, 1.54) is 30.3 Å². The molecule has 2 fully saturated rings. The van der Waals surface area contributed by atoms with Gasteiger partial charge in [-0.05, 0) is 23.3 Å². The Kier molecular flexibility index (Phi) is 5.32. The minimum absolute atomic E-state index is 0.0655. The molecule has 0 bridgehead atoms. The normalized spacial score (nSPS) is 26.9. The second kappa shape index (κ2) is 7.51. The van der Waals surface area contributed by atoms with Crippen LogP contribution in [0.5, 0.6) is 0 Å². The highest BCUT2D eigenvalue weighted by Gasteiger charge is 2.64. The summed E-state index contributed by atoms with van der Waals surface area (Å²) in [6, 6.07) is 6.95.